The van der Waals surface area contributed by atoms with Gasteiger partial charge in [-0.15, -0.1) is 0 Å². The van der Waals surface area contributed by atoms with Crippen molar-refractivity contribution in [3.8, 4) is 5.69 Å². The number of morpholine rings is 1. The Morgan fingerprint density at radius 2 is 1.72 bits per heavy atom. The van der Waals surface area contributed by atoms with Crippen molar-refractivity contribution >= 4 is 44.9 Å². The summed E-state index contributed by atoms with van der Waals surface area (Å²) in [6.45, 7) is 7.81. The van der Waals surface area contributed by atoms with Crippen LogP contribution >= 0.6 is 11.6 Å². The molecule has 0 unspecified atom stereocenters. The molecule has 1 fully saturated rings. The lowest BCUT2D eigenvalue weighted by molar-refractivity contribution is -0.112. The van der Waals surface area contributed by atoms with Crippen molar-refractivity contribution < 1.29 is 17.9 Å². The van der Waals surface area contributed by atoms with E-state index >= 15 is 0 Å². The van der Waals surface area contributed by atoms with Crippen LogP contribution in [0.3, 0.4) is 0 Å². The molecule has 0 bridgehead atoms. The molecule has 2 aromatic carbocycles. The van der Waals surface area contributed by atoms with Gasteiger partial charge in [-0.05, 0) is 80.9 Å². The average molecular weight is 526 g/mol. The molecule has 9 heteroatoms. The minimum Gasteiger partial charge on any atom is -0.379 e. The van der Waals surface area contributed by atoms with Crippen molar-refractivity contribution in [1.82, 2.24) is 8.87 Å². The lowest BCUT2D eigenvalue weighted by atomic mass is 10.0. The average Bonchev–Trinajstić information content (AvgIpc) is 3.31. The van der Waals surface area contributed by atoms with Gasteiger partial charge in [-0.2, -0.15) is 4.31 Å². The molecule has 1 amide bonds. The Kier molecular flexibility index (Phi) is 6.55. The van der Waals surface area contributed by atoms with Crippen LogP contribution < -0.4 is 4.90 Å². The van der Waals surface area contributed by atoms with Crippen molar-refractivity contribution in [2.45, 2.75) is 25.7 Å². The monoisotopic (exact) mass is 525 g/mol. The van der Waals surface area contributed by atoms with E-state index in [2.05, 4.69) is 4.57 Å². The van der Waals surface area contributed by atoms with Crippen LogP contribution in [0.5, 0.6) is 0 Å². The molecule has 0 spiro atoms. The number of likely N-dealkylation sites (N-methyl/N-ethyl adjacent to an activating group) is 1. The first-order chi connectivity index (χ1) is 17.2. The number of anilines is 1. The van der Waals surface area contributed by atoms with E-state index < -0.39 is 10.0 Å². The van der Waals surface area contributed by atoms with Gasteiger partial charge >= 0.3 is 0 Å². The molecule has 2 aliphatic rings. The Balaban J connectivity index is 1.60. The summed E-state index contributed by atoms with van der Waals surface area (Å²) < 4.78 is 35.5. The van der Waals surface area contributed by atoms with Crippen molar-refractivity contribution in [2.75, 3.05) is 37.7 Å². The number of carbonyl (C=O) groups excluding carboxylic acids is 1. The van der Waals surface area contributed by atoms with Crippen LogP contribution in [0.2, 0.25) is 5.02 Å². The highest BCUT2D eigenvalue weighted by atomic mass is 35.5. The van der Waals surface area contributed by atoms with Crippen LogP contribution in [0.1, 0.15) is 29.4 Å². The summed E-state index contributed by atoms with van der Waals surface area (Å²) in [4.78, 5) is 15.3. The van der Waals surface area contributed by atoms with E-state index in [9.17, 15) is 13.2 Å². The maximum absolute atomic E-state index is 13.4. The fraction of sp³-hybridized carbons (Fsp3) is 0.296. The van der Waals surface area contributed by atoms with Crippen molar-refractivity contribution in [1.29, 1.82) is 0 Å². The van der Waals surface area contributed by atoms with Crippen LogP contribution in [-0.4, -0.2) is 56.0 Å². The van der Waals surface area contributed by atoms with E-state index in [-0.39, 0.29) is 10.8 Å². The SMILES string of the molecule is CCN1C(=O)C(=Cc2cc(C)n(-c3ccc(Cl)cc3)c2C)c2cc(S(=O)(=O)N3CCOCC3)ccc21. The van der Waals surface area contributed by atoms with Crippen LogP contribution in [0.15, 0.2) is 53.4 Å². The highest BCUT2D eigenvalue weighted by molar-refractivity contribution is 7.89. The molecular weight excluding hydrogens is 498 g/mol. The van der Waals surface area contributed by atoms with Crippen molar-refractivity contribution in [3.63, 3.8) is 0 Å². The first-order valence-corrected chi connectivity index (χ1v) is 13.7. The number of nitrogens with zero attached hydrogens (tertiary/aromatic N) is 3. The number of amides is 1. The second kappa shape index (κ2) is 9.52. The highest BCUT2D eigenvalue weighted by Gasteiger charge is 2.34. The molecule has 0 N–H and O–H groups in total. The number of aromatic nitrogens is 1. The molecule has 0 radical (unpaired) electrons. The lowest BCUT2D eigenvalue weighted by Gasteiger charge is -2.26. The first-order valence-electron chi connectivity index (χ1n) is 11.9. The minimum absolute atomic E-state index is 0.135. The molecule has 1 aromatic heterocycles. The number of carbonyl (C=O) groups is 1. The molecule has 5 rings (SSSR count). The molecule has 0 atom stereocenters. The fourth-order valence-electron chi connectivity index (χ4n) is 4.96. The molecule has 36 heavy (non-hydrogen) atoms. The van der Waals surface area contributed by atoms with Gasteiger partial charge in [-0.1, -0.05) is 11.6 Å². The Morgan fingerprint density at radius 3 is 2.39 bits per heavy atom. The van der Waals surface area contributed by atoms with Crippen LogP contribution in [0.4, 0.5) is 5.69 Å². The zero-order chi connectivity index (χ0) is 25.6. The largest absolute Gasteiger partial charge is 0.379 e. The predicted molar refractivity (Wildman–Crippen MR) is 142 cm³/mol. The topological polar surface area (TPSA) is 71.9 Å². The number of rotatable bonds is 5. The third-order valence-electron chi connectivity index (χ3n) is 6.80. The Labute approximate surface area is 216 Å². The second-order valence-electron chi connectivity index (χ2n) is 8.94. The molecule has 3 aromatic rings. The summed E-state index contributed by atoms with van der Waals surface area (Å²) in [5, 5.41) is 0.666. The van der Waals surface area contributed by atoms with E-state index in [1.807, 2.05) is 57.2 Å². The normalized spacial score (nSPS) is 17.7. The zero-order valence-corrected chi connectivity index (χ0v) is 22.1. The first kappa shape index (κ1) is 24.8. The second-order valence-corrected chi connectivity index (χ2v) is 11.3. The van der Waals surface area contributed by atoms with Gasteiger partial charge in [0, 0.05) is 52.9 Å². The van der Waals surface area contributed by atoms with Crippen LogP contribution in [-0.2, 0) is 19.6 Å². The number of benzene rings is 2. The number of hydrogen-bond acceptors (Lipinski definition) is 4. The van der Waals surface area contributed by atoms with Gasteiger partial charge in [0.15, 0.2) is 0 Å². The number of aryl methyl sites for hydroxylation is 1. The smallest absolute Gasteiger partial charge is 0.258 e. The molecular formula is C27H28ClN3O4S. The Morgan fingerprint density at radius 1 is 1.03 bits per heavy atom. The van der Waals surface area contributed by atoms with Gasteiger partial charge in [0.25, 0.3) is 5.91 Å². The van der Waals surface area contributed by atoms with Crippen molar-refractivity contribution in [2.24, 2.45) is 0 Å². The maximum atomic E-state index is 13.4. The molecule has 0 saturated carbocycles. The molecule has 2 aliphatic heterocycles. The molecule has 1 saturated heterocycles. The van der Waals surface area contributed by atoms with E-state index in [0.717, 1.165) is 28.3 Å². The summed E-state index contributed by atoms with van der Waals surface area (Å²) in [6, 6.07) is 14.6. The molecule has 7 nitrogen and oxygen atoms in total. The third kappa shape index (κ3) is 4.18. The summed E-state index contributed by atoms with van der Waals surface area (Å²) in [6.07, 6.45) is 1.87. The van der Waals surface area contributed by atoms with Crippen molar-refractivity contribution in [3.05, 3.63) is 76.1 Å². The summed E-state index contributed by atoms with van der Waals surface area (Å²) >= 11 is 6.07. The van der Waals surface area contributed by atoms with Gasteiger partial charge in [0.05, 0.1) is 23.8 Å². The molecule has 0 aliphatic carbocycles. The highest BCUT2D eigenvalue weighted by Crippen LogP contribution is 2.40. The maximum Gasteiger partial charge on any atom is 0.258 e. The van der Waals surface area contributed by atoms with Gasteiger partial charge in [0.2, 0.25) is 10.0 Å². The van der Waals surface area contributed by atoms with Crippen LogP contribution in [0.25, 0.3) is 17.3 Å². The fourth-order valence-corrected chi connectivity index (χ4v) is 6.52. The Hall–Kier alpha value is -2.91. The Bertz CT molecular complexity index is 1470. The number of fused-ring (bicyclic) bond motifs is 1. The molecule has 3 heterocycles. The zero-order valence-electron chi connectivity index (χ0n) is 20.5. The number of ether oxygens (including phenoxy) is 1. The van der Waals surface area contributed by atoms with E-state index in [1.54, 1.807) is 23.1 Å². The van der Waals surface area contributed by atoms with Gasteiger partial charge in [-0.25, -0.2) is 8.42 Å². The minimum atomic E-state index is -3.69. The quantitative estimate of drug-likeness (QED) is 0.454. The third-order valence-corrected chi connectivity index (χ3v) is 8.95. The summed E-state index contributed by atoms with van der Waals surface area (Å²) in [7, 11) is -3.69. The van der Waals surface area contributed by atoms with Gasteiger partial charge < -0.3 is 14.2 Å². The van der Waals surface area contributed by atoms with Gasteiger partial charge in [-0.3, -0.25) is 4.79 Å². The molecule has 188 valence electrons. The predicted octanol–water partition coefficient (Wildman–Crippen LogP) is 4.68. The van der Waals surface area contributed by atoms with Gasteiger partial charge in [0.1, 0.15) is 0 Å². The number of hydrogen-bond donors (Lipinski definition) is 0. The van der Waals surface area contributed by atoms with E-state index in [0.29, 0.717) is 49.0 Å². The number of halogens is 1. The number of sulfonamides is 1. The summed E-state index contributed by atoms with van der Waals surface area (Å²) in [5.74, 6) is -0.135. The summed E-state index contributed by atoms with van der Waals surface area (Å²) in [5.41, 5.74) is 5.71. The van der Waals surface area contributed by atoms with E-state index in [1.165, 1.54) is 4.31 Å². The lowest BCUT2D eigenvalue weighted by Crippen LogP contribution is -2.40. The standard InChI is InChI=1S/C27H28ClN3O4S/c1-4-30-26-10-9-23(36(33,34)29-11-13-35-14-12-29)17-24(26)25(27(30)32)16-20-15-18(2)31(19(20)3)22-7-5-21(28)6-8-22/h5-10,15-17H,4,11-14H2,1-3H3. The van der Waals surface area contributed by atoms with E-state index in [4.69, 9.17) is 16.3 Å². The van der Waals surface area contributed by atoms with Crippen LogP contribution in [0, 0.1) is 13.8 Å².